The van der Waals surface area contributed by atoms with Crippen LogP contribution in [0.2, 0.25) is 0 Å². The molecule has 1 aliphatic heterocycles. The molecule has 0 radical (unpaired) electrons. The second kappa shape index (κ2) is 12.5. The monoisotopic (exact) mass is 594 g/mol. The van der Waals surface area contributed by atoms with Gasteiger partial charge in [-0.2, -0.15) is 0 Å². The molecule has 0 aromatic heterocycles. The molecule has 0 saturated carbocycles. The molecular weight excluding hydrogens is 556 g/mol. The van der Waals surface area contributed by atoms with Gasteiger partial charge in [0.25, 0.3) is 0 Å². The number of rotatable bonds is 12. The zero-order valence-electron chi connectivity index (χ0n) is 25.1. The second-order valence-electron chi connectivity index (χ2n) is 10.8. The van der Waals surface area contributed by atoms with E-state index in [-0.39, 0.29) is 23.1 Å². The summed E-state index contributed by atoms with van der Waals surface area (Å²) < 4.78 is 53.1. The number of carbonyl (C=O) groups is 1. The van der Waals surface area contributed by atoms with Crippen molar-refractivity contribution in [2.24, 2.45) is 10.9 Å². The van der Waals surface area contributed by atoms with Crippen LogP contribution in [0.15, 0.2) is 70.6 Å². The van der Waals surface area contributed by atoms with Crippen LogP contribution < -0.4 is 18.9 Å². The molecule has 0 bridgehead atoms. The molecule has 9 nitrogen and oxygen atoms in total. The number of benzene rings is 3. The summed E-state index contributed by atoms with van der Waals surface area (Å²) in [4.78, 5) is 19.1. The maximum absolute atomic E-state index is 14.0. The van der Waals surface area contributed by atoms with E-state index in [1.807, 2.05) is 50.2 Å². The molecule has 2 atom stereocenters. The smallest absolute Gasteiger partial charge is 0.342 e. The zero-order valence-corrected chi connectivity index (χ0v) is 25.9. The summed E-state index contributed by atoms with van der Waals surface area (Å²) in [6.07, 6.45) is 0.450. The molecule has 3 aromatic carbocycles. The third kappa shape index (κ3) is 6.15. The van der Waals surface area contributed by atoms with Crippen molar-refractivity contribution in [2.45, 2.75) is 57.0 Å². The molecule has 1 N–H and O–H groups in total. The molecule has 0 spiro atoms. The van der Waals surface area contributed by atoms with Crippen molar-refractivity contribution in [2.75, 3.05) is 21.3 Å². The minimum Gasteiger partial charge on any atom is -0.493 e. The van der Waals surface area contributed by atoms with E-state index in [0.29, 0.717) is 40.4 Å². The Hall–Kier alpha value is -3.89. The van der Waals surface area contributed by atoms with Gasteiger partial charge in [-0.05, 0) is 55.0 Å². The first-order valence-corrected chi connectivity index (χ1v) is 15.2. The number of aryl methyl sites for hydroxylation is 2. The number of ether oxygens (including phenoxy) is 4. The van der Waals surface area contributed by atoms with E-state index in [1.165, 1.54) is 21.3 Å². The SMILES string of the molecule is COc1cc(C2=N[C@@](Cc3ccccc3)([C@@H](CC(C)C)NS(=O)(=O)c3c(C)cccc3C)C(=O)O2)cc(OC)c1OC. The normalized spacial score (nSPS) is 17.5. The third-order valence-corrected chi connectivity index (χ3v) is 9.11. The summed E-state index contributed by atoms with van der Waals surface area (Å²) in [5, 5.41) is 0. The van der Waals surface area contributed by atoms with Gasteiger partial charge in [-0.15, -0.1) is 0 Å². The first-order chi connectivity index (χ1) is 19.9. The Bertz CT molecular complexity index is 1540. The number of cyclic esters (lactones) is 1. The number of nitrogens with zero attached hydrogens (tertiary/aromatic N) is 1. The standard InChI is InChI=1S/C32H38N2O7S/c1-20(2)16-27(34-42(36,37)29-21(3)12-11-13-22(29)4)32(19-23-14-9-8-10-15-23)31(35)41-30(33-32)24-17-25(38-5)28(40-7)26(18-24)39-6/h8-15,17-18,20,27,34H,16,19H2,1-7H3/t27-,32+/m1/s1. The summed E-state index contributed by atoms with van der Waals surface area (Å²) in [5.41, 5.74) is 0.862. The van der Waals surface area contributed by atoms with Crippen LogP contribution in [0.1, 0.15) is 42.5 Å². The number of hydrogen-bond acceptors (Lipinski definition) is 8. The maximum Gasteiger partial charge on any atom is 0.342 e. The zero-order chi connectivity index (χ0) is 30.7. The van der Waals surface area contributed by atoms with Gasteiger partial charge in [0.05, 0.1) is 32.3 Å². The molecule has 0 amide bonds. The fraction of sp³-hybridized carbons (Fsp3) is 0.375. The van der Waals surface area contributed by atoms with Crippen molar-refractivity contribution in [3.8, 4) is 17.2 Å². The lowest BCUT2D eigenvalue weighted by Gasteiger charge is -2.33. The van der Waals surface area contributed by atoms with Crippen LogP contribution in [0.25, 0.3) is 0 Å². The van der Waals surface area contributed by atoms with Crippen molar-refractivity contribution in [3.63, 3.8) is 0 Å². The Labute approximate surface area is 247 Å². The summed E-state index contributed by atoms with van der Waals surface area (Å²) in [6, 6.07) is 17.1. The summed E-state index contributed by atoms with van der Waals surface area (Å²) >= 11 is 0. The highest BCUT2D eigenvalue weighted by molar-refractivity contribution is 7.89. The Morgan fingerprint density at radius 2 is 1.50 bits per heavy atom. The Kier molecular flexibility index (Phi) is 9.27. The predicted octanol–water partition coefficient (Wildman–Crippen LogP) is 5.01. The summed E-state index contributed by atoms with van der Waals surface area (Å²) in [6.45, 7) is 7.45. The van der Waals surface area contributed by atoms with Gasteiger partial charge < -0.3 is 18.9 Å². The number of sulfonamides is 1. The van der Waals surface area contributed by atoms with Crippen LogP contribution in [0.3, 0.4) is 0 Å². The molecule has 1 aliphatic rings. The first kappa shape index (κ1) is 31.1. The van der Waals surface area contributed by atoms with Crippen LogP contribution in [-0.2, 0) is 26.0 Å². The molecule has 3 aromatic rings. The van der Waals surface area contributed by atoms with E-state index < -0.39 is 27.6 Å². The van der Waals surface area contributed by atoms with Crippen LogP contribution in [-0.4, -0.2) is 53.2 Å². The van der Waals surface area contributed by atoms with Gasteiger partial charge in [-0.3, -0.25) is 0 Å². The van der Waals surface area contributed by atoms with Gasteiger partial charge in [0.15, 0.2) is 17.0 Å². The Morgan fingerprint density at radius 3 is 2.02 bits per heavy atom. The molecule has 0 aliphatic carbocycles. The third-order valence-electron chi connectivity index (χ3n) is 7.33. The van der Waals surface area contributed by atoms with Gasteiger partial charge in [-0.1, -0.05) is 62.4 Å². The van der Waals surface area contributed by atoms with E-state index >= 15 is 0 Å². The largest absolute Gasteiger partial charge is 0.493 e. The van der Waals surface area contributed by atoms with Crippen molar-refractivity contribution in [1.82, 2.24) is 4.72 Å². The highest BCUT2D eigenvalue weighted by Gasteiger charge is 2.53. The lowest BCUT2D eigenvalue weighted by Crippen LogP contribution is -2.56. The number of aliphatic imine (C=N–C) groups is 1. The lowest BCUT2D eigenvalue weighted by molar-refractivity contribution is -0.140. The average molecular weight is 595 g/mol. The van der Waals surface area contributed by atoms with Gasteiger partial charge >= 0.3 is 5.97 Å². The number of carbonyl (C=O) groups excluding carboxylic acids is 1. The van der Waals surface area contributed by atoms with Crippen LogP contribution in [0.5, 0.6) is 17.2 Å². The first-order valence-electron chi connectivity index (χ1n) is 13.7. The van der Waals surface area contributed by atoms with Crippen LogP contribution in [0, 0.1) is 19.8 Å². The molecule has 0 saturated heterocycles. The number of methoxy groups -OCH3 is 3. The maximum atomic E-state index is 14.0. The van der Waals surface area contributed by atoms with E-state index in [9.17, 15) is 13.2 Å². The second-order valence-corrected chi connectivity index (χ2v) is 12.5. The van der Waals surface area contributed by atoms with Gasteiger partial charge in [-0.25, -0.2) is 22.9 Å². The molecule has 224 valence electrons. The molecule has 4 rings (SSSR count). The fourth-order valence-electron chi connectivity index (χ4n) is 5.40. The average Bonchev–Trinajstić information content (AvgIpc) is 3.28. The lowest BCUT2D eigenvalue weighted by atomic mass is 9.81. The quantitative estimate of drug-likeness (QED) is 0.294. The number of hydrogen-bond donors (Lipinski definition) is 1. The minimum atomic E-state index is -4.05. The Balaban J connectivity index is 1.91. The molecule has 0 unspecified atom stereocenters. The Morgan fingerprint density at radius 1 is 0.905 bits per heavy atom. The number of nitrogens with one attached hydrogen (secondary N) is 1. The van der Waals surface area contributed by atoms with Crippen molar-refractivity contribution >= 4 is 21.9 Å². The predicted molar refractivity (Wildman–Crippen MR) is 161 cm³/mol. The van der Waals surface area contributed by atoms with Crippen molar-refractivity contribution < 1.29 is 32.2 Å². The van der Waals surface area contributed by atoms with E-state index in [2.05, 4.69) is 4.72 Å². The van der Waals surface area contributed by atoms with E-state index in [1.54, 1.807) is 38.1 Å². The summed E-state index contributed by atoms with van der Waals surface area (Å²) in [5.74, 6) is 0.515. The van der Waals surface area contributed by atoms with Gasteiger partial charge in [0.2, 0.25) is 21.7 Å². The van der Waals surface area contributed by atoms with E-state index in [4.69, 9.17) is 23.9 Å². The highest BCUT2D eigenvalue weighted by Crippen LogP contribution is 2.41. The van der Waals surface area contributed by atoms with Crippen molar-refractivity contribution in [3.05, 3.63) is 82.9 Å². The number of esters is 1. The molecular formula is C32H38N2O7S. The van der Waals surface area contributed by atoms with E-state index in [0.717, 1.165) is 5.56 Å². The molecule has 1 heterocycles. The molecule has 0 fully saturated rings. The van der Waals surface area contributed by atoms with Gasteiger partial charge in [0.1, 0.15) is 0 Å². The van der Waals surface area contributed by atoms with Crippen LogP contribution >= 0.6 is 0 Å². The van der Waals surface area contributed by atoms with Gasteiger partial charge in [0, 0.05) is 12.0 Å². The fourth-order valence-corrected chi connectivity index (χ4v) is 7.16. The summed E-state index contributed by atoms with van der Waals surface area (Å²) in [7, 11) is 0.424. The highest BCUT2D eigenvalue weighted by atomic mass is 32.2. The van der Waals surface area contributed by atoms with Crippen LogP contribution in [0.4, 0.5) is 0 Å². The van der Waals surface area contributed by atoms with Crippen molar-refractivity contribution in [1.29, 1.82) is 0 Å². The minimum absolute atomic E-state index is 0.0246. The molecule has 42 heavy (non-hydrogen) atoms. The topological polar surface area (TPSA) is 113 Å². The molecule has 10 heteroatoms.